The van der Waals surface area contributed by atoms with Gasteiger partial charge in [0.25, 0.3) is 0 Å². The Morgan fingerprint density at radius 3 is 2.39 bits per heavy atom. The van der Waals surface area contributed by atoms with Crippen LogP contribution in [0.3, 0.4) is 0 Å². The lowest BCUT2D eigenvalue weighted by Crippen LogP contribution is -2.44. The first kappa shape index (κ1) is 11.7. The molecule has 0 amide bonds. The molecule has 3 saturated carbocycles. The summed E-state index contributed by atoms with van der Waals surface area (Å²) in [6.07, 6.45) is 8.80. The van der Waals surface area contributed by atoms with Crippen LogP contribution in [-0.2, 0) is 0 Å². The molecule has 1 heterocycles. The molecule has 2 nitrogen and oxygen atoms in total. The molecule has 4 fully saturated rings. The maximum absolute atomic E-state index is 3.99. The van der Waals surface area contributed by atoms with Crippen molar-refractivity contribution in [3.63, 3.8) is 0 Å². The molecule has 4 unspecified atom stereocenters. The van der Waals surface area contributed by atoms with Gasteiger partial charge in [0, 0.05) is 12.6 Å². The molecule has 1 saturated heterocycles. The normalized spacial score (nSPS) is 48.2. The summed E-state index contributed by atoms with van der Waals surface area (Å²) in [6.45, 7) is 6.16. The highest BCUT2D eigenvalue weighted by atomic mass is 15.0. The molecule has 2 N–H and O–H groups in total. The first-order chi connectivity index (χ1) is 8.83. The van der Waals surface area contributed by atoms with Crippen LogP contribution >= 0.6 is 0 Å². The fraction of sp³-hybridized carbons (Fsp3) is 1.00. The summed E-state index contributed by atoms with van der Waals surface area (Å²) in [5.74, 6) is 4.42. The van der Waals surface area contributed by atoms with E-state index < -0.39 is 0 Å². The minimum Gasteiger partial charge on any atom is -0.317 e. The van der Waals surface area contributed by atoms with Crippen molar-refractivity contribution < 1.29 is 0 Å². The highest BCUT2D eigenvalue weighted by molar-refractivity contribution is 5.17. The summed E-state index contributed by atoms with van der Waals surface area (Å²) >= 11 is 0. The van der Waals surface area contributed by atoms with Gasteiger partial charge < -0.3 is 10.6 Å². The smallest absolute Gasteiger partial charge is 0.0136 e. The van der Waals surface area contributed by atoms with E-state index in [4.69, 9.17) is 0 Å². The van der Waals surface area contributed by atoms with Gasteiger partial charge in [0.2, 0.25) is 0 Å². The summed E-state index contributed by atoms with van der Waals surface area (Å²) in [5, 5.41) is 7.51. The molecule has 0 aromatic rings. The van der Waals surface area contributed by atoms with Gasteiger partial charge in [-0.25, -0.2) is 0 Å². The Morgan fingerprint density at radius 2 is 1.78 bits per heavy atom. The van der Waals surface area contributed by atoms with Crippen LogP contribution in [0.25, 0.3) is 0 Å². The van der Waals surface area contributed by atoms with E-state index in [-0.39, 0.29) is 0 Å². The fourth-order valence-electron chi connectivity index (χ4n) is 5.54. The number of nitrogens with one attached hydrogen (secondary N) is 2. The number of hydrogen-bond donors (Lipinski definition) is 2. The second kappa shape index (κ2) is 4.21. The van der Waals surface area contributed by atoms with E-state index in [1.54, 1.807) is 19.3 Å². The average molecular weight is 248 g/mol. The van der Waals surface area contributed by atoms with Gasteiger partial charge in [0.05, 0.1) is 0 Å². The molecule has 4 rings (SSSR count). The third-order valence-corrected chi connectivity index (χ3v) is 6.86. The predicted molar refractivity (Wildman–Crippen MR) is 74.4 cm³/mol. The van der Waals surface area contributed by atoms with Crippen molar-refractivity contribution in [3.05, 3.63) is 0 Å². The van der Waals surface area contributed by atoms with Gasteiger partial charge in [0.15, 0.2) is 0 Å². The van der Waals surface area contributed by atoms with Crippen LogP contribution < -0.4 is 10.6 Å². The molecule has 2 bridgehead atoms. The first-order valence-corrected chi connectivity index (χ1v) is 8.27. The van der Waals surface area contributed by atoms with Crippen LogP contribution in [0.15, 0.2) is 0 Å². The highest BCUT2D eigenvalue weighted by Crippen LogP contribution is 2.65. The maximum Gasteiger partial charge on any atom is 0.0136 e. The third kappa shape index (κ3) is 1.68. The van der Waals surface area contributed by atoms with Gasteiger partial charge in [-0.05, 0) is 80.7 Å². The molecular formula is C16H28N2. The van der Waals surface area contributed by atoms with Gasteiger partial charge in [-0.1, -0.05) is 6.92 Å². The second-order valence-corrected chi connectivity index (χ2v) is 7.50. The van der Waals surface area contributed by atoms with Crippen molar-refractivity contribution in [1.82, 2.24) is 10.6 Å². The number of piperidine rings is 1. The zero-order chi connectivity index (χ0) is 12.2. The van der Waals surface area contributed by atoms with E-state index in [1.165, 1.54) is 38.9 Å². The van der Waals surface area contributed by atoms with Crippen LogP contribution in [0.4, 0.5) is 0 Å². The van der Waals surface area contributed by atoms with Crippen molar-refractivity contribution >= 4 is 0 Å². The summed E-state index contributed by atoms with van der Waals surface area (Å²) in [4.78, 5) is 0. The van der Waals surface area contributed by atoms with Gasteiger partial charge in [-0.2, -0.15) is 0 Å². The quantitative estimate of drug-likeness (QED) is 0.798. The first-order valence-electron chi connectivity index (χ1n) is 8.27. The Balaban J connectivity index is 1.34. The summed E-state index contributed by atoms with van der Waals surface area (Å²) < 4.78 is 0. The molecule has 4 atom stereocenters. The SMILES string of the molecule is CCC1(CNC2C3C4CCC(C4)C23)CCNCC1. The van der Waals surface area contributed by atoms with Gasteiger partial charge in [-0.3, -0.25) is 0 Å². The van der Waals surface area contributed by atoms with Crippen LogP contribution in [0.2, 0.25) is 0 Å². The largest absolute Gasteiger partial charge is 0.317 e. The van der Waals surface area contributed by atoms with E-state index in [2.05, 4.69) is 17.6 Å². The van der Waals surface area contributed by atoms with Crippen LogP contribution in [0.5, 0.6) is 0 Å². The van der Waals surface area contributed by atoms with E-state index in [0.29, 0.717) is 5.41 Å². The second-order valence-electron chi connectivity index (χ2n) is 7.50. The predicted octanol–water partition coefficient (Wildman–Crippen LogP) is 2.40. The van der Waals surface area contributed by atoms with E-state index in [1.807, 2.05) is 0 Å². The van der Waals surface area contributed by atoms with E-state index in [0.717, 1.165) is 29.7 Å². The number of hydrogen-bond acceptors (Lipinski definition) is 2. The molecule has 0 radical (unpaired) electrons. The lowest BCUT2D eigenvalue weighted by Gasteiger charge is -2.37. The standard InChI is InChI=1S/C16H28N2/c1-2-16(5-7-17-8-6-16)10-18-15-13-11-3-4-12(9-11)14(13)15/h11-15,17-18H,2-10H2,1H3. The Morgan fingerprint density at radius 1 is 1.11 bits per heavy atom. The molecule has 102 valence electrons. The Hall–Kier alpha value is -0.0800. The van der Waals surface area contributed by atoms with Crippen molar-refractivity contribution in [1.29, 1.82) is 0 Å². The van der Waals surface area contributed by atoms with Crippen LogP contribution in [0.1, 0.15) is 45.4 Å². The monoisotopic (exact) mass is 248 g/mol. The minimum absolute atomic E-state index is 0.612. The molecule has 0 aromatic heterocycles. The van der Waals surface area contributed by atoms with Crippen LogP contribution in [0, 0.1) is 29.1 Å². The molecule has 4 aliphatic rings. The van der Waals surface area contributed by atoms with Crippen LogP contribution in [-0.4, -0.2) is 25.7 Å². The molecule has 0 aromatic carbocycles. The van der Waals surface area contributed by atoms with Crippen molar-refractivity contribution in [3.8, 4) is 0 Å². The Labute approximate surface area is 111 Å². The topological polar surface area (TPSA) is 24.1 Å². The Kier molecular flexibility index (Phi) is 2.74. The molecule has 2 heteroatoms. The molecule has 3 aliphatic carbocycles. The molecule has 1 aliphatic heterocycles. The number of rotatable bonds is 4. The maximum atomic E-state index is 3.99. The lowest BCUT2D eigenvalue weighted by atomic mass is 9.76. The molecular weight excluding hydrogens is 220 g/mol. The number of fused-ring (bicyclic) bond motifs is 5. The van der Waals surface area contributed by atoms with Gasteiger partial charge in [-0.15, -0.1) is 0 Å². The van der Waals surface area contributed by atoms with Gasteiger partial charge >= 0.3 is 0 Å². The summed E-state index contributed by atoms with van der Waals surface area (Å²) in [7, 11) is 0. The minimum atomic E-state index is 0.612. The fourth-order valence-corrected chi connectivity index (χ4v) is 5.54. The third-order valence-electron chi connectivity index (χ3n) is 6.86. The van der Waals surface area contributed by atoms with Crippen molar-refractivity contribution in [2.24, 2.45) is 29.1 Å². The average Bonchev–Trinajstić information content (AvgIpc) is 2.81. The van der Waals surface area contributed by atoms with Gasteiger partial charge in [0.1, 0.15) is 0 Å². The zero-order valence-electron chi connectivity index (χ0n) is 11.8. The van der Waals surface area contributed by atoms with E-state index in [9.17, 15) is 0 Å². The van der Waals surface area contributed by atoms with E-state index >= 15 is 0 Å². The summed E-state index contributed by atoms with van der Waals surface area (Å²) in [5.41, 5.74) is 0.612. The molecule has 18 heavy (non-hydrogen) atoms. The van der Waals surface area contributed by atoms with Crippen molar-refractivity contribution in [2.45, 2.75) is 51.5 Å². The molecule has 0 spiro atoms. The highest BCUT2D eigenvalue weighted by Gasteiger charge is 2.64. The summed E-state index contributed by atoms with van der Waals surface area (Å²) in [6, 6.07) is 0.926. The lowest BCUT2D eigenvalue weighted by molar-refractivity contribution is 0.182. The zero-order valence-corrected chi connectivity index (χ0v) is 11.8. The Bertz CT molecular complexity index is 305. The van der Waals surface area contributed by atoms with Crippen molar-refractivity contribution in [2.75, 3.05) is 19.6 Å².